The summed E-state index contributed by atoms with van der Waals surface area (Å²) in [5.74, 6) is 0.428. The molecule has 0 saturated heterocycles. The third-order valence-electron chi connectivity index (χ3n) is 2.64. The predicted octanol–water partition coefficient (Wildman–Crippen LogP) is 3.51. The first kappa shape index (κ1) is 11.6. The molecule has 0 aliphatic carbocycles. The van der Waals surface area contributed by atoms with Crippen LogP contribution in [-0.2, 0) is 0 Å². The van der Waals surface area contributed by atoms with Gasteiger partial charge in [0, 0.05) is 17.8 Å². The number of methoxy groups -OCH3 is 1. The summed E-state index contributed by atoms with van der Waals surface area (Å²) < 4.78 is 18.6. The zero-order chi connectivity index (χ0) is 12.4. The molecule has 0 amide bonds. The van der Waals surface area contributed by atoms with Crippen LogP contribution in [0.4, 0.5) is 4.39 Å². The highest BCUT2D eigenvalue weighted by atomic mass is 19.1. The predicted molar refractivity (Wildman–Crippen MR) is 65.7 cm³/mol. The van der Waals surface area contributed by atoms with E-state index in [2.05, 4.69) is 4.98 Å². The molecular weight excluding hydrogens is 217 g/mol. The van der Waals surface area contributed by atoms with Gasteiger partial charge in [-0.05, 0) is 37.1 Å². The second-order valence-corrected chi connectivity index (χ2v) is 4.02. The van der Waals surface area contributed by atoms with Crippen molar-refractivity contribution in [2.45, 2.75) is 13.8 Å². The van der Waals surface area contributed by atoms with Gasteiger partial charge in [0.15, 0.2) is 0 Å². The van der Waals surface area contributed by atoms with Gasteiger partial charge in [-0.2, -0.15) is 0 Å². The number of benzene rings is 1. The topological polar surface area (TPSA) is 22.1 Å². The molecular formula is C14H14FNO. The van der Waals surface area contributed by atoms with Gasteiger partial charge in [-0.15, -0.1) is 0 Å². The molecule has 0 radical (unpaired) electrons. The van der Waals surface area contributed by atoms with Gasteiger partial charge in [-0.3, -0.25) is 4.98 Å². The van der Waals surface area contributed by atoms with Gasteiger partial charge in [-0.25, -0.2) is 4.39 Å². The molecule has 1 heterocycles. The van der Waals surface area contributed by atoms with Crippen LogP contribution in [0.3, 0.4) is 0 Å². The van der Waals surface area contributed by atoms with Crippen molar-refractivity contribution in [3.8, 4) is 17.0 Å². The summed E-state index contributed by atoms with van der Waals surface area (Å²) in [4.78, 5) is 4.19. The number of hydrogen-bond acceptors (Lipinski definition) is 2. The molecule has 2 aromatic rings. The molecule has 3 heteroatoms. The van der Waals surface area contributed by atoms with Crippen molar-refractivity contribution in [1.29, 1.82) is 0 Å². The Morgan fingerprint density at radius 3 is 2.59 bits per heavy atom. The number of pyridine rings is 1. The fraction of sp³-hybridized carbons (Fsp3) is 0.214. The molecule has 0 spiro atoms. The minimum atomic E-state index is -0.294. The van der Waals surface area contributed by atoms with E-state index in [9.17, 15) is 4.39 Å². The lowest BCUT2D eigenvalue weighted by Gasteiger charge is -2.12. The Labute approximate surface area is 100 Å². The Morgan fingerprint density at radius 1 is 1.18 bits per heavy atom. The van der Waals surface area contributed by atoms with E-state index in [4.69, 9.17) is 4.74 Å². The number of rotatable bonds is 2. The van der Waals surface area contributed by atoms with Gasteiger partial charge in [0.05, 0.1) is 12.8 Å². The van der Waals surface area contributed by atoms with Crippen molar-refractivity contribution in [2.24, 2.45) is 0 Å². The van der Waals surface area contributed by atoms with Crippen LogP contribution >= 0.6 is 0 Å². The van der Waals surface area contributed by atoms with Crippen LogP contribution in [0, 0.1) is 19.7 Å². The summed E-state index contributed by atoms with van der Waals surface area (Å²) in [7, 11) is 1.61. The number of aryl methyl sites for hydroxylation is 2. The van der Waals surface area contributed by atoms with E-state index in [1.807, 2.05) is 26.0 Å². The standard InChI is InChI=1S/C14H14FNO/c1-9-6-10(2)14(13(7-9)17-3)12-8-11(15)4-5-16-12/h4-8H,1-3H3. The van der Waals surface area contributed by atoms with Crippen LogP contribution in [-0.4, -0.2) is 12.1 Å². The van der Waals surface area contributed by atoms with E-state index in [1.165, 1.54) is 18.3 Å². The molecule has 2 nitrogen and oxygen atoms in total. The molecule has 0 saturated carbocycles. The van der Waals surface area contributed by atoms with Gasteiger partial charge in [-0.1, -0.05) is 6.07 Å². The number of nitrogens with zero attached hydrogens (tertiary/aromatic N) is 1. The lowest BCUT2D eigenvalue weighted by atomic mass is 10.0. The van der Waals surface area contributed by atoms with Crippen molar-refractivity contribution >= 4 is 0 Å². The van der Waals surface area contributed by atoms with E-state index in [0.717, 1.165) is 22.4 Å². The second-order valence-electron chi connectivity index (χ2n) is 4.02. The quantitative estimate of drug-likeness (QED) is 0.789. The molecule has 88 valence electrons. The van der Waals surface area contributed by atoms with E-state index in [1.54, 1.807) is 7.11 Å². The smallest absolute Gasteiger partial charge is 0.128 e. The van der Waals surface area contributed by atoms with E-state index >= 15 is 0 Å². The Balaban J connectivity index is 2.66. The second kappa shape index (κ2) is 4.53. The zero-order valence-electron chi connectivity index (χ0n) is 10.1. The maximum atomic E-state index is 13.2. The zero-order valence-corrected chi connectivity index (χ0v) is 10.1. The van der Waals surface area contributed by atoms with Crippen molar-refractivity contribution < 1.29 is 9.13 Å². The van der Waals surface area contributed by atoms with Crippen LogP contribution < -0.4 is 4.74 Å². The van der Waals surface area contributed by atoms with Crippen LogP contribution in [0.25, 0.3) is 11.3 Å². The molecule has 17 heavy (non-hydrogen) atoms. The van der Waals surface area contributed by atoms with E-state index < -0.39 is 0 Å². The lowest BCUT2D eigenvalue weighted by Crippen LogP contribution is -1.94. The number of ether oxygens (including phenoxy) is 1. The molecule has 2 rings (SSSR count). The summed E-state index contributed by atoms with van der Waals surface area (Å²) in [5, 5.41) is 0. The molecule has 0 unspecified atom stereocenters. The Kier molecular flexibility index (Phi) is 3.09. The summed E-state index contributed by atoms with van der Waals surface area (Å²) in [6, 6.07) is 6.71. The highest BCUT2D eigenvalue weighted by Gasteiger charge is 2.11. The maximum absolute atomic E-state index is 13.2. The molecule has 0 atom stereocenters. The number of aromatic nitrogens is 1. The van der Waals surface area contributed by atoms with Crippen LogP contribution in [0.2, 0.25) is 0 Å². The maximum Gasteiger partial charge on any atom is 0.128 e. The largest absolute Gasteiger partial charge is 0.496 e. The molecule has 0 N–H and O–H groups in total. The average molecular weight is 231 g/mol. The Morgan fingerprint density at radius 2 is 1.94 bits per heavy atom. The van der Waals surface area contributed by atoms with Gasteiger partial charge in [0.25, 0.3) is 0 Å². The molecule has 1 aromatic heterocycles. The summed E-state index contributed by atoms with van der Waals surface area (Å²) >= 11 is 0. The molecule has 0 aliphatic rings. The third kappa shape index (κ3) is 2.28. The van der Waals surface area contributed by atoms with E-state index in [-0.39, 0.29) is 5.82 Å². The first-order valence-corrected chi connectivity index (χ1v) is 5.39. The SMILES string of the molecule is COc1cc(C)cc(C)c1-c1cc(F)ccn1. The van der Waals surface area contributed by atoms with Gasteiger partial charge in [0.1, 0.15) is 11.6 Å². The Hall–Kier alpha value is -1.90. The van der Waals surface area contributed by atoms with Crippen molar-refractivity contribution in [3.05, 3.63) is 47.4 Å². The molecule has 0 fully saturated rings. The van der Waals surface area contributed by atoms with Crippen LogP contribution in [0.15, 0.2) is 30.5 Å². The number of hydrogen-bond donors (Lipinski definition) is 0. The molecule has 1 aromatic carbocycles. The first-order valence-electron chi connectivity index (χ1n) is 5.39. The first-order chi connectivity index (χ1) is 8.11. The summed E-state index contributed by atoms with van der Waals surface area (Å²) in [5.41, 5.74) is 3.58. The molecule has 0 bridgehead atoms. The van der Waals surface area contributed by atoms with Crippen molar-refractivity contribution in [3.63, 3.8) is 0 Å². The highest BCUT2D eigenvalue weighted by molar-refractivity contribution is 5.71. The summed E-state index contributed by atoms with van der Waals surface area (Å²) in [6.45, 7) is 3.97. The van der Waals surface area contributed by atoms with E-state index in [0.29, 0.717) is 5.69 Å². The van der Waals surface area contributed by atoms with Crippen molar-refractivity contribution in [1.82, 2.24) is 4.98 Å². The van der Waals surface area contributed by atoms with Gasteiger partial charge < -0.3 is 4.74 Å². The lowest BCUT2D eigenvalue weighted by molar-refractivity contribution is 0.415. The van der Waals surface area contributed by atoms with Gasteiger partial charge >= 0.3 is 0 Å². The molecule has 0 aliphatic heterocycles. The number of halogens is 1. The minimum absolute atomic E-state index is 0.294. The normalized spacial score (nSPS) is 10.4. The van der Waals surface area contributed by atoms with Gasteiger partial charge in [0.2, 0.25) is 0 Å². The van der Waals surface area contributed by atoms with Crippen LogP contribution in [0.5, 0.6) is 5.75 Å². The minimum Gasteiger partial charge on any atom is -0.496 e. The highest BCUT2D eigenvalue weighted by Crippen LogP contribution is 2.33. The van der Waals surface area contributed by atoms with Crippen LogP contribution in [0.1, 0.15) is 11.1 Å². The Bertz CT molecular complexity index is 552. The fourth-order valence-corrected chi connectivity index (χ4v) is 1.96. The summed E-state index contributed by atoms with van der Waals surface area (Å²) in [6.07, 6.45) is 1.46. The fourth-order valence-electron chi connectivity index (χ4n) is 1.96. The average Bonchev–Trinajstić information content (AvgIpc) is 2.27. The third-order valence-corrected chi connectivity index (χ3v) is 2.64. The van der Waals surface area contributed by atoms with Crippen molar-refractivity contribution in [2.75, 3.05) is 7.11 Å². The monoisotopic (exact) mass is 231 g/mol.